The van der Waals surface area contributed by atoms with Gasteiger partial charge in [-0.3, -0.25) is 9.69 Å². The van der Waals surface area contributed by atoms with Crippen LogP contribution in [0.2, 0.25) is 0 Å². The number of halogens is 4. The zero-order chi connectivity index (χ0) is 14.6. The molecule has 1 aromatic rings. The molecule has 1 aromatic carbocycles. The van der Waals surface area contributed by atoms with Crippen molar-refractivity contribution in [1.82, 2.24) is 0 Å². The molecule has 0 aliphatic heterocycles. The Morgan fingerprint density at radius 2 is 2.11 bits per heavy atom. The van der Waals surface area contributed by atoms with Crippen molar-refractivity contribution >= 4 is 27.5 Å². The van der Waals surface area contributed by atoms with E-state index in [1.54, 1.807) is 0 Å². The normalized spacial score (nSPS) is 11.4. The number of allylic oxidation sites excluding steroid dienone is 1. The summed E-state index contributed by atoms with van der Waals surface area (Å²) in [6.45, 7) is 1.49. The van der Waals surface area contributed by atoms with Gasteiger partial charge >= 0.3 is 12.1 Å². The van der Waals surface area contributed by atoms with Crippen molar-refractivity contribution in [3.05, 3.63) is 40.5 Å². The number of carbonyl (C=O) groups excluding carboxylic acids is 1. The predicted molar refractivity (Wildman–Crippen MR) is 67.2 cm³/mol. The maximum atomic E-state index is 12.5. The summed E-state index contributed by atoms with van der Waals surface area (Å²) in [5.74, 6) is -2.00. The monoisotopic (exact) mass is 332 g/mol. The molecule has 0 aliphatic rings. The number of hydrogen-bond acceptors (Lipinski definition) is 2. The lowest BCUT2D eigenvalue weighted by molar-refractivity contribution is -0.169. The van der Waals surface area contributed by atoms with E-state index in [1.807, 2.05) is 6.07 Å². The Balaban J connectivity index is 3.29. The lowest BCUT2D eigenvalue weighted by Gasteiger charge is -2.21. The van der Waals surface area contributed by atoms with E-state index in [4.69, 9.17) is 5.26 Å². The van der Waals surface area contributed by atoms with Gasteiger partial charge in [-0.15, -0.1) is 0 Å². The van der Waals surface area contributed by atoms with E-state index < -0.39 is 12.1 Å². The van der Waals surface area contributed by atoms with Crippen LogP contribution in [0.1, 0.15) is 12.5 Å². The summed E-state index contributed by atoms with van der Waals surface area (Å²) in [6, 6.07) is 5.80. The van der Waals surface area contributed by atoms with Gasteiger partial charge in [0.05, 0.1) is 17.3 Å². The van der Waals surface area contributed by atoms with Crippen LogP contribution in [0.4, 0.5) is 18.9 Å². The molecule has 0 N–H and O–H groups in total. The maximum Gasteiger partial charge on any atom is 0.472 e. The molecule has 3 nitrogen and oxygen atoms in total. The minimum absolute atomic E-state index is 0.0134. The molecule has 0 radical (unpaired) electrons. The predicted octanol–water partition coefficient (Wildman–Crippen LogP) is 3.75. The lowest BCUT2D eigenvalue weighted by Crippen LogP contribution is -2.38. The Kier molecular flexibility index (Phi) is 4.72. The second-order valence-electron chi connectivity index (χ2n) is 3.43. The summed E-state index contributed by atoms with van der Waals surface area (Å²) < 4.78 is 37.7. The molecule has 1 amide bonds. The molecule has 0 saturated heterocycles. The second kappa shape index (κ2) is 5.89. The number of alkyl halides is 3. The first-order valence-electron chi connectivity index (χ1n) is 5.04. The molecule has 0 atom stereocenters. The van der Waals surface area contributed by atoms with Gasteiger partial charge < -0.3 is 0 Å². The Labute approximate surface area is 116 Å². The Bertz CT molecular complexity index is 561. The van der Waals surface area contributed by atoms with Crippen molar-refractivity contribution in [2.24, 2.45) is 0 Å². The minimum atomic E-state index is -4.98. The van der Waals surface area contributed by atoms with E-state index in [9.17, 15) is 18.0 Å². The van der Waals surface area contributed by atoms with Gasteiger partial charge in [0.2, 0.25) is 0 Å². The number of amides is 1. The number of rotatable bonds is 2. The van der Waals surface area contributed by atoms with Crippen LogP contribution in [-0.2, 0) is 4.79 Å². The number of nitriles is 1. The summed E-state index contributed by atoms with van der Waals surface area (Å²) in [5, 5.41) is 8.69. The zero-order valence-electron chi connectivity index (χ0n) is 9.70. The molecule has 7 heteroatoms. The molecule has 0 heterocycles. The Hall–Kier alpha value is -1.81. The molecule has 100 valence electrons. The molecular weight excluding hydrogens is 325 g/mol. The number of hydrogen-bond donors (Lipinski definition) is 0. The maximum absolute atomic E-state index is 12.5. The third-order valence-electron chi connectivity index (χ3n) is 2.10. The van der Waals surface area contributed by atoms with Crippen molar-refractivity contribution in [3.63, 3.8) is 0 Å². The molecule has 0 saturated carbocycles. The fraction of sp³-hybridized carbons (Fsp3) is 0.167. The first kappa shape index (κ1) is 15.2. The highest BCUT2D eigenvalue weighted by Crippen LogP contribution is 2.31. The third kappa shape index (κ3) is 3.58. The molecule has 0 aliphatic carbocycles. The SMILES string of the molecule is CC=CN(C(=O)C(F)(F)F)c1ccc(C#N)cc1Br. The van der Waals surface area contributed by atoms with Crippen LogP contribution in [0.3, 0.4) is 0 Å². The number of benzene rings is 1. The second-order valence-corrected chi connectivity index (χ2v) is 4.29. The molecule has 0 unspecified atom stereocenters. The van der Waals surface area contributed by atoms with Crippen LogP contribution in [-0.4, -0.2) is 12.1 Å². The Morgan fingerprint density at radius 3 is 2.53 bits per heavy atom. The van der Waals surface area contributed by atoms with Crippen LogP contribution in [0.5, 0.6) is 0 Å². The summed E-state index contributed by atoms with van der Waals surface area (Å²) >= 11 is 3.05. The van der Waals surface area contributed by atoms with E-state index in [0.717, 1.165) is 6.20 Å². The summed E-state index contributed by atoms with van der Waals surface area (Å²) in [7, 11) is 0. The van der Waals surface area contributed by atoms with Gasteiger partial charge in [0.1, 0.15) is 0 Å². The smallest absolute Gasteiger partial charge is 0.279 e. The summed E-state index contributed by atoms with van der Waals surface area (Å²) in [6.07, 6.45) is -2.65. The average Bonchev–Trinajstić information content (AvgIpc) is 2.34. The van der Waals surface area contributed by atoms with E-state index in [1.165, 1.54) is 31.2 Å². The number of carbonyl (C=O) groups is 1. The zero-order valence-corrected chi connectivity index (χ0v) is 11.3. The van der Waals surface area contributed by atoms with E-state index in [-0.39, 0.29) is 15.7 Å². The van der Waals surface area contributed by atoms with E-state index in [2.05, 4.69) is 15.9 Å². The quantitative estimate of drug-likeness (QED) is 0.827. The topological polar surface area (TPSA) is 44.1 Å². The van der Waals surface area contributed by atoms with Crippen molar-refractivity contribution in [3.8, 4) is 6.07 Å². The minimum Gasteiger partial charge on any atom is -0.279 e. The van der Waals surface area contributed by atoms with Gasteiger partial charge in [0.15, 0.2) is 0 Å². The van der Waals surface area contributed by atoms with E-state index >= 15 is 0 Å². The fourth-order valence-electron chi connectivity index (χ4n) is 1.31. The van der Waals surface area contributed by atoms with Crippen LogP contribution in [0.15, 0.2) is 34.9 Å². The van der Waals surface area contributed by atoms with Gasteiger partial charge in [0, 0.05) is 10.7 Å². The molecular formula is C12H8BrF3N2O. The van der Waals surface area contributed by atoms with Crippen LogP contribution >= 0.6 is 15.9 Å². The van der Waals surface area contributed by atoms with E-state index in [0.29, 0.717) is 4.90 Å². The summed E-state index contributed by atoms with van der Waals surface area (Å²) in [5.41, 5.74) is 0.287. The molecule has 0 bridgehead atoms. The van der Waals surface area contributed by atoms with Crippen LogP contribution < -0.4 is 4.90 Å². The molecule has 0 spiro atoms. The summed E-state index contributed by atoms with van der Waals surface area (Å²) in [4.78, 5) is 11.8. The van der Waals surface area contributed by atoms with Crippen LogP contribution in [0.25, 0.3) is 0 Å². The van der Waals surface area contributed by atoms with Gasteiger partial charge in [0.25, 0.3) is 0 Å². The Morgan fingerprint density at radius 1 is 1.47 bits per heavy atom. The van der Waals surface area contributed by atoms with Gasteiger partial charge in [-0.05, 0) is 41.1 Å². The molecule has 0 aromatic heterocycles. The molecule has 1 rings (SSSR count). The van der Waals surface area contributed by atoms with Crippen molar-refractivity contribution in [2.45, 2.75) is 13.1 Å². The van der Waals surface area contributed by atoms with Crippen molar-refractivity contribution in [2.75, 3.05) is 4.90 Å². The standard InChI is InChI=1S/C12H8BrF3N2O/c1-2-5-18(11(19)12(14,15)16)10-4-3-8(7-17)6-9(10)13/h2-6H,1H3. The van der Waals surface area contributed by atoms with Crippen molar-refractivity contribution < 1.29 is 18.0 Å². The van der Waals surface area contributed by atoms with Crippen molar-refractivity contribution in [1.29, 1.82) is 5.26 Å². The first-order valence-corrected chi connectivity index (χ1v) is 5.83. The number of anilines is 1. The third-order valence-corrected chi connectivity index (χ3v) is 2.73. The van der Waals surface area contributed by atoms with Gasteiger partial charge in [-0.25, -0.2) is 0 Å². The van der Waals surface area contributed by atoms with Gasteiger partial charge in [-0.2, -0.15) is 18.4 Å². The van der Waals surface area contributed by atoms with Gasteiger partial charge in [-0.1, -0.05) is 6.08 Å². The highest BCUT2D eigenvalue weighted by molar-refractivity contribution is 9.10. The highest BCUT2D eigenvalue weighted by Gasteiger charge is 2.42. The average molecular weight is 333 g/mol. The molecule has 0 fully saturated rings. The lowest BCUT2D eigenvalue weighted by atomic mass is 10.2. The fourth-order valence-corrected chi connectivity index (χ4v) is 1.88. The number of nitrogens with zero attached hydrogens (tertiary/aromatic N) is 2. The largest absolute Gasteiger partial charge is 0.472 e. The molecule has 19 heavy (non-hydrogen) atoms. The highest BCUT2D eigenvalue weighted by atomic mass is 79.9. The first-order chi connectivity index (χ1) is 8.81. The van der Waals surface area contributed by atoms with Crippen LogP contribution in [0, 0.1) is 11.3 Å².